The molecule has 134 valence electrons. The van der Waals surface area contributed by atoms with E-state index in [1.807, 2.05) is 61.3 Å². The van der Waals surface area contributed by atoms with Crippen molar-refractivity contribution in [2.24, 2.45) is 4.99 Å². The number of hydrogen-bond acceptors (Lipinski definition) is 6. The van der Waals surface area contributed by atoms with E-state index < -0.39 is 0 Å². The number of anilines is 1. The number of nitriles is 1. The lowest BCUT2D eigenvalue weighted by Crippen LogP contribution is -2.25. The van der Waals surface area contributed by atoms with E-state index >= 15 is 0 Å². The Bertz CT molecular complexity index is 838. The van der Waals surface area contributed by atoms with Gasteiger partial charge in [-0.3, -0.25) is 4.99 Å². The van der Waals surface area contributed by atoms with Gasteiger partial charge in [-0.15, -0.1) is 0 Å². The summed E-state index contributed by atoms with van der Waals surface area (Å²) in [5.74, 6) is 0.837. The van der Waals surface area contributed by atoms with Crippen LogP contribution >= 0.6 is 0 Å². The van der Waals surface area contributed by atoms with E-state index in [0.717, 1.165) is 22.8 Å². The highest BCUT2D eigenvalue weighted by atomic mass is 15.5. The van der Waals surface area contributed by atoms with Gasteiger partial charge in [0.25, 0.3) is 0 Å². The molecular weight excluding hydrogens is 326 g/mol. The van der Waals surface area contributed by atoms with E-state index in [4.69, 9.17) is 5.26 Å². The molecule has 1 heterocycles. The molecular formula is C19H23N7. The van der Waals surface area contributed by atoms with Crippen LogP contribution in [0.1, 0.15) is 24.0 Å². The van der Waals surface area contributed by atoms with Gasteiger partial charge in [0, 0.05) is 38.4 Å². The highest BCUT2D eigenvalue weighted by Gasteiger charge is 2.10. The molecule has 0 radical (unpaired) electrons. The first-order chi connectivity index (χ1) is 12.6. The summed E-state index contributed by atoms with van der Waals surface area (Å²) in [6, 6.07) is 9.42. The van der Waals surface area contributed by atoms with Gasteiger partial charge >= 0.3 is 0 Å². The number of nitrogens with zero attached hydrogens (tertiary/aromatic N) is 5. The quantitative estimate of drug-likeness (QED) is 0.566. The lowest BCUT2D eigenvalue weighted by molar-refractivity contribution is 0.366. The summed E-state index contributed by atoms with van der Waals surface area (Å²) in [6.07, 6.45) is 7.28. The maximum Gasteiger partial charge on any atom is 0.132 e. The topological polar surface area (TPSA) is 81.3 Å². The minimum Gasteiger partial charge on any atom is -0.378 e. The molecule has 0 saturated heterocycles. The molecule has 1 aromatic carbocycles. The molecule has 0 fully saturated rings. The smallest absolute Gasteiger partial charge is 0.132 e. The Labute approximate surface area is 154 Å². The molecule has 2 aromatic rings. The molecule has 0 unspecified atom stereocenters. The van der Waals surface area contributed by atoms with Crippen LogP contribution in [0, 0.1) is 11.3 Å². The molecule has 0 aliphatic carbocycles. The molecule has 0 bridgehead atoms. The van der Waals surface area contributed by atoms with Crippen LogP contribution in [0.3, 0.4) is 0 Å². The first kappa shape index (κ1) is 19.0. The standard InChI is InChI=1S/C19H23N7/c1-15(14-25(4)22-3)18-12-24-19(26(18)10-9-21-2)13-23-17-7-5-16(11-20)6-8-17/h5-10,12,14,22-23H,2,13H2,1,3-4H3/b10-9-,15-14+. The van der Waals surface area contributed by atoms with E-state index in [0.29, 0.717) is 12.1 Å². The van der Waals surface area contributed by atoms with Crippen LogP contribution < -0.4 is 10.7 Å². The maximum atomic E-state index is 8.87. The Morgan fingerprint density at radius 2 is 2.15 bits per heavy atom. The summed E-state index contributed by atoms with van der Waals surface area (Å²) >= 11 is 0. The van der Waals surface area contributed by atoms with Crippen molar-refractivity contribution in [3.63, 3.8) is 0 Å². The molecule has 1 aromatic heterocycles. The van der Waals surface area contributed by atoms with Crippen molar-refractivity contribution in [2.75, 3.05) is 19.4 Å². The van der Waals surface area contributed by atoms with Gasteiger partial charge in [-0.2, -0.15) is 5.26 Å². The summed E-state index contributed by atoms with van der Waals surface area (Å²) in [6.45, 7) is 6.04. The van der Waals surface area contributed by atoms with Crippen LogP contribution in [0.15, 0.2) is 47.9 Å². The van der Waals surface area contributed by atoms with Crippen molar-refractivity contribution in [1.29, 1.82) is 5.26 Å². The third-order valence-electron chi connectivity index (χ3n) is 3.80. The highest BCUT2D eigenvalue weighted by Crippen LogP contribution is 2.18. The fourth-order valence-corrected chi connectivity index (χ4v) is 2.37. The first-order valence-electron chi connectivity index (χ1n) is 8.10. The molecule has 7 nitrogen and oxygen atoms in total. The van der Waals surface area contributed by atoms with Crippen molar-refractivity contribution in [1.82, 2.24) is 20.0 Å². The zero-order valence-electron chi connectivity index (χ0n) is 15.3. The molecule has 0 spiro atoms. The van der Waals surface area contributed by atoms with E-state index in [-0.39, 0.29) is 0 Å². The van der Waals surface area contributed by atoms with E-state index in [2.05, 4.69) is 33.5 Å². The fraction of sp³-hybridized carbons (Fsp3) is 0.211. The maximum absolute atomic E-state index is 8.87. The summed E-state index contributed by atoms with van der Waals surface area (Å²) in [7, 11) is 3.79. The van der Waals surface area contributed by atoms with Crippen LogP contribution in [-0.2, 0) is 6.54 Å². The molecule has 0 aliphatic heterocycles. The largest absolute Gasteiger partial charge is 0.378 e. The van der Waals surface area contributed by atoms with Crippen LogP contribution in [0.5, 0.6) is 0 Å². The summed E-state index contributed by atoms with van der Waals surface area (Å²) < 4.78 is 1.97. The average molecular weight is 349 g/mol. The van der Waals surface area contributed by atoms with E-state index in [1.54, 1.807) is 18.3 Å². The minimum absolute atomic E-state index is 0.530. The molecule has 26 heavy (non-hydrogen) atoms. The van der Waals surface area contributed by atoms with E-state index in [9.17, 15) is 0 Å². The lowest BCUT2D eigenvalue weighted by Gasteiger charge is -2.14. The number of aliphatic imine (C=N–C) groups is 1. The summed E-state index contributed by atoms with van der Waals surface area (Å²) in [4.78, 5) is 8.32. The number of benzene rings is 1. The SMILES string of the molecule is C=N/C=C\n1c(/C(C)=C/N(C)NC)cnc1CNc1ccc(C#N)cc1. The van der Waals surface area contributed by atoms with Crippen molar-refractivity contribution in [2.45, 2.75) is 13.5 Å². The summed E-state index contributed by atoms with van der Waals surface area (Å²) in [5, 5.41) is 14.1. The molecule has 0 amide bonds. The number of allylic oxidation sites excluding steroid dienone is 1. The van der Waals surface area contributed by atoms with Gasteiger partial charge in [0.2, 0.25) is 0 Å². The monoisotopic (exact) mass is 349 g/mol. The van der Waals surface area contributed by atoms with Crippen LogP contribution in [0.2, 0.25) is 0 Å². The predicted molar refractivity (Wildman–Crippen MR) is 106 cm³/mol. The molecule has 2 rings (SSSR count). The second kappa shape index (κ2) is 9.20. The third-order valence-corrected chi connectivity index (χ3v) is 3.80. The molecule has 7 heteroatoms. The number of hydrogen-bond donors (Lipinski definition) is 2. The highest BCUT2D eigenvalue weighted by molar-refractivity contribution is 5.62. The van der Waals surface area contributed by atoms with Crippen molar-refractivity contribution >= 4 is 24.2 Å². The van der Waals surface area contributed by atoms with Gasteiger partial charge in [-0.25, -0.2) is 10.4 Å². The number of hydrazine groups is 1. The fourth-order valence-electron chi connectivity index (χ4n) is 2.37. The predicted octanol–water partition coefficient (Wildman–Crippen LogP) is 2.92. The Balaban J connectivity index is 2.24. The van der Waals surface area contributed by atoms with Gasteiger partial charge in [0.05, 0.1) is 30.1 Å². The normalized spacial score (nSPS) is 11.4. The van der Waals surface area contributed by atoms with Gasteiger partial charge < -0.3 is 14.9 Å². The van der Waals surface area contributed by atoms with Crippen LogP contribution in [0.25, 0.3) is 11.8 Å². The van der Waals surface area contributed by atoms with Gasteiger partial charge in [-0.1, -0.05) is 0 Å². The zero-order valence-corrected chi connectivity index (χ0v) is 15.3. The Morgan fingerprint density at radius 3 is 2.77 bits per heavy atom. The number of aromatic nitrogens is 2. The average Bonchev–Trinajstić information content (AvgIpc) is 3.07. The minimum atomic E-state index is 0.530. The van der Waals surface area contributed by atoms with Crippen molar-refractivity contribution in [3.8, 4) is 6.07 Å². The first-order valence-corrected chi connectivity index (χ1v) is 8.10. The van der Waals surface area contributed by atoms with Crippen LogP contribution in [0.4, 0.5) is 5.69 Å². The van der Waals surface area contributed by atoms with Crippen molar-refractivity contribution in [3.05, 3.63) is 59.9 Å². The zero-order chi connectivity index (χ0) is 18.9. The van der Waals surface area contributed by atoms with Gasteiger partial charge in [-0.05, 0) is 43.5 Å². The number of nitrogens with one attached hydrogen (secondary N) is 2. The molecule has 0 aliphatic rings. The van der Waals surface area contributed by atoms with Crippen LogP contribution in [-0.4, -0.2) is 35.4 Å². The van der Waals surface area contributed by atoms with Crippen molar-refractivity contribution < 1.29 is 0 Å². The summed E-state index contributed by atoms with van der Waals surface area (Å²) in [5.41, 5.74) is 6.60. The Hall–Kier alpha value is -3.37. The number of imidazole rings is 1. The Kier molecular flexibility index (Phi) is 6.71. The molecule has 0 atom stereocenters. The molecule has 2 N–H and O–H groups in total. The van der Waals surface area contributed by atoms with Gasteiger partial charge in [0.15, 0.2) is 0 Å². The third kappa shape index (κ3) is 4.82. The second-order valence-electron chi connectivity index (χ2n) is 5.60. The number of rotatable bonds is 8. The van der Waals surface area contributed by atoms with E-state index in [1.165, 1.54) is 0 Å². The molecule has 0 saturated carbocycles. The second-order valence-corrected chi connectivity index (χ2v) is 5.60. The lowest BCUT2D eigenvalue weighted by atomic mass is 10.2. The van der Waals surface area contributed by atoms with Gasteiger partial charge in [0.1, 0.15) is 5.82 Å². The Morgan fingerprint density at radius 1 is 1.42 bits per heavy atom.